The second kappa shape index (κ2) is 5.29. The molecule has 0 aliphatic carbocycles. The monoisotopic (exact) mass is 223 g/mol. The molecular formula is C10H17N5O. The summed E-state index contributed by atoms with van der Waals surface area (Å²) in [6.07, 6.45) is 0.701. The van der Waals surface area contributed by atoms with Crippen molar-refractivity contribution in [2.45, 2.75) is 20.3 Å². The highest BCUT2D eigenvalue weighted by Gasteiger charge is 2.10. The molecule has 0 saturated heterocycles. The number of nitrogen functional groups attached to an aromatic ring is 1. The number of carbonyl (C=O) groups excluding carboxylic acids is 1. The van der Waals surface area contributed by atoms with E-state index < -0.39 is 5.91 Å². The van der Waals surface area contributed by atoms with Gasteiger partial charge in [0, 0.05) is 19.0 Å². The second-order valence-electron chi connectivity index (χ2n) is 3.40. The van der Waals surface area contributed by atoms with Crippen LogP contribution in [0.1, 0.15) is 19.7 Å². The third-order valence-electron chi connectivity index (χ3n) is 2.15. The predicted octanol–water partition coefficient (Wildman–Crippen LogP) is -0.0672. The lowest BCUT2D eigenvalue weighted by Crippen LogP contribution is -2.34. The first-order valence-corrected chi connectivity index (χ1v) is 5.23. The number of nitrogens with two attached hydrogens (primary N) is 2. The molecule has 1 amide bonds. The number of aryl methyl sites for hydroxylation is 1. The van der Waals surface area contributed by atoms with Crippen LogP contribution in [-0.2, 0) is 11.2 Å². The van der Waals surface area contributed by atoms with Crippen LogP contribution in [0.2, 0.25) is 0 Å². The lowest BCUT2D eigenvalue weighted by atomic mass is 10.4. The molecule has 1 aromatic rings. The molecule has 0 aliphatic heterocycles. The van der Waals surface area contributed by atoms with E-state index in [0.717, 1.165) is 0 Å². The predicted molar refractivity (Wildman–Crippen MR) is 62.9 cm³/mol. The molecule has 0 atom stereocenters. The first-order chi connectivity index (χ1) is 7.56. The Morgan fingerprint density at radius 1 is 1.44 bits per heavy atom. The van der Waals surface area contributed by atoms with Crippen LogP contribution >= 0.6 is 0 Å². The van der Waals surface area contributed by atoms with Gasteiger partial charge in [0.1, 0.15) is 17.5 Å². The first-order valence-electron chi connectivity index (χ1n) is 5.23. The summed E-state index contributed by atoms with van der Waals surface area (Å²) in [5, 5.41) is 0. The molecule has 88 valence electrons. The minimum absolute atomic E-state index is 0.135. The highest BCUT2D eigenvalue weighted by atomic mass is 16.1. The largest absolute Gasteiger partial charge is 0.384 e. The summed E-state index contributed by atoms with van der Waals surface area (Å²) in [6, 6.07) is 1.64. The zero-order chi connectivity index (χ0) is 12.1. The zero-order valence-electron chi connectivity index (χ0n) is 9.60. The fourth-order valence-corrected chi connectivity index (χ4v) is 1.37. The summed E-state index contributed by atoms with van der Waals surface area (Å²) in [7, 11) is 0. The zero-order valence-corrected chi connectivity index (χ0v) is 9.60. The van der Waals surface area contributed by atoms with Crippen molar-refractivity contribution in [1.29, 1.82) is 0 Å². The van der Waals surface area contributed by atoms with Crippen molar-refractivity contribution in [1.82, 2.24) is 9.97 Å². The Balaban J connectivity index is 2.99. The fourth-order valence-electron chi connectivity index (χ4n) is 1.37. The molecule has 0 bridgehead atoms. The molecule has 0 spiro atoms. The van der Waals surface area contributed by atoms with Crippen LogP contribution in [0.4, 0.5) is 11.6 Å². The number of rotatable bonds is 5. The van der Waals surface area contributed by atoms with Crippen molar-refractivity contribution in [3.8, 4) is 0 Å². The third kappa shape index (κ3) is 3.08. The van der Waals surface area contributed by atoms with Gasteiger partial charge in [-0.3, -0.25) is 4.79 Å². The van der Waals surface area contributed by atoms with Crippen molar-refractivity contribution in [3.05, 3.63) is 11.9 Å². The highest BCUT2D eigenvalue weighted by molar-refractivity contribution is 5.79. The molecule has 0 aromatic carbocycles. The Morgan fingerprint density at radius 2 is 2.12 bits per heavy atom. The van der Waals surface area contributed by atoms with Crippen molar-refractivity contribution in [3.63, 3.8) is 0 Å². The number of likely N-dealkylation sites (N-methyl/N-ethyl adjacent to an activating group) is 1. The molecule has 6 nitrogen and oxygen atoms in total. The van der Waals surface area contributed by atoms with E-state index in [1.807, 2.05) is 13.8 Å². The topological polar surface area (TPSA) is 98.1 Å². The number of aromatic nitrogens is 2. The summed E-state index contributed by atoms with van der Waals surface area (Å²) in [4.78, 5) is 21.0. The summed E-state index contributed by atoms with van der Waals surface area (Å²) < 4.78 is 0. The van der Waals surface area contributed by atoms with Gasteiger partial charge in [0.05, 0.1) is 6.54 Å². The van der Waals surface area contributed by atoms with Crippen LogP contribution in [0.5, 0.6) is 0 Å². The van der Waals surface area contributed by atoms with Crippen LogP contribution < -0.4 is 16.4 Å². The van der Waals surface area contributed by atoms with Crippen molar-refractivity contribution >= 4 is 17.5 Å². The summed E-state index contributed by atoms with van der Waals surface area (Å²) in [6.45, 7) is 4.65. The van der Waals surface area contributed by atoms with Gasteiger partial charge in [-0.05, 0) is 6.92 Å². The molecule has 0 unspecified atom stereocenters. The van der Waals surface area contributed by atoms with Gasteiger partial charge in [0.2, 0.25) is 5.91 Å². The smallest absolute Gasteiger partial charge is 0.236 e. The van der Waals surface area contributed by atoms with Crippen LogP contribution in [0, 0.1) is 0 Å². The molecule has 1 heterocycles. The Hall–Kier alpha value is -1.85. The van der Waals surface area contributed by atoms with Gasteiger partial charge in [-0.2, -0.15) is 0 Å². The third-order valence-corrected chi connectivity index (χ3v) is 2.15. The maximum absolute atomic E-state index is 10.9. The minimum atomic E-state index is -0.392. The Kier molecular flexibility index (Phi) is 4.04. The Labute approximate surface area is 94.7 Å². The van der Waals surface area contributed by atoms with E-state index >= 15 is 0 Å². The number of amides is 1. The molecule has 16 heavy (non-hydrogen) atoms. The highest BCUT2D eigenvalue weighted by Crippen LogP contribution is 2.13. The Morgan fingerprint density at radius 3 is 2.62 bits per heavy atom. The van der Waals surface area contributed by atoms with Crippen LogP contribution in [-0.4, -0.2) is 29.0 Å². The molecular weight excluding hydrogens is 206 g/mol. The molecule has 6 heteroatoms. The number of anilines is 2. The van der Waals surface area contributed by atoms with Crippen molar-refractivity contribution in [2.24, 2.45) is 5.73 Å². The summed E-state index contributed by atoms with van der Waals surface area (Å²) >= 11 is 0. The summed E-state index contributed by atoms with van der Waals surface area (Å²) in [5.41, 5.74) is 10.8. The quantitative estimate of drug-likeness (QED) is 0.728. The molecule has 0 fully saturated rings. The molecule has 0 aliphatic rings. The lowest BCUT2D eigenvalue weighted by Gasteiger charge is -2.20. The standard InChI is InChI=1S/C10H17N5O/c1-3-9-13-7(11)5-10(14-9)15(4-2)6-8(12)16/h5H,3-4,6H2,1-2H3,(H2,12,16)(H2,11,13,14). The lowest BCUT2D eigenvalue weighted by molar-refractivity contribution is -0.116. The summed E-state index contributed by atoms with van der Waals surface area (Å²) in [5.74, 6) is 1.32. The molecule has 4 N–H and O–H groups in total. The van der Waals surface area contributed by atoms with Crippen LogP contribution in [0.3, 0.4) is 0 Å². The second-order valence-corrected chi connectivity index (χ2v) is 3.40. The number of hydrogen-bond donors (Lipinski definition) is 2. The van der Waals surface area contributed by atoms with Gasteiger partial charge in [0.25, 0.3) is 0 Å². The van der Waals surface area contributed by atoms with E-state index in [0.29, 0.717) is 30.4 Å². The van der Waals surface area contributed by atoms with E-state index in [1.54, 1.807) is 11.0 Å². The molecule has 1 aromatic heterocycles. The van der Waals surface area contributed by atoms with Gasteiger partial charge >= 0.3 is 0 Å². The molecule has 0 radical (unpaired) electrons. The fraction of sp³-hybridized carbons (Fsp3) is 0.500. The molecule has 0 saturated carbocycles. The number of primary amides is 1. The van der Waals surface area contributed by atoms with E-state index in [2.05, 4.69) is 9.97 Å². The van der Waals surface area contributed by atoms with Crippen LogP contribution in [0.25, 0.3) is 0 Å². The number of nitrogens with zero attached hydrogens (tertiary/aromatic N) is 3. The van der Waals surface area contributed by atoms with Gasteiger partial charge in [-0.15, -0.1) is 0 Å². The SMILES string of the molecule is CCc1nc(N)cc(N(CC)CC(N)=O)n1. The van der Waals surface area contributed by atoms with Crippen molar-refractivity contribution in [2.75, 3.05) is 23.7 Å². The average molecular weight is 223 g/mol. The van der Waals surface area contributed by atoms with Gasteiger partial charge in [0.15, 0.2) is 0 Å². The first kappa shape index (κ1) is 12.2. The van der Waals surface area contributed by atoms with Crippen molar-refractivity contribution < 1.29 is 4.79 Å². The Bertz CT molecular complexity index is 379. The van der Waals surface area contributed by atoms with E-state index in [4.69, 9.17) is 11.5 Å². The van der Waals surface area contributed by atoms with E-state index in [-0.39, 0.29) is 6.54 Å². The van der Waals surface area contributed by atoms with Gasteiger partial charge in [-0.25, -0.2) is 9.97 Å². The average Bonchev–Trinajstić information content (AvgIpc) is 2.24. The normalized spacial score (nSPS) is 10.1. The maximum atomic E-state index is 10.9. The van der Waals surface area contributed by atoms with E-state index in [1.165, 1.54) is 0 Å². The van der Waals surface area contributed by atoms with Crippen LogP contribution in [0.15, 0.2) is 6.07 Å². The molecule has 1 rings (SSSR count). The maximum Gasteiger partial charge on any atom is 0.236 e. The number of carbonyl (C=O) groups is 1. The van der Waals surface area contributed by atoms with E-state index in [9.17, 15) is 4.79 Å². The number of hydrogen-bond acceptors (Lipinski definition) is 5. The minimum Gasteiger partial charge on any atom is -0.384 e. The van der Waals surface area contributed by atoms with Gasteiger partial charge < -0.3 is 16.4 Å². The van der Waals surface area contributed by atoms with Gasteiger partial charge in [-0.1, -0.05) is 6.92 Å².